The van der Waals surface area contributed by atoms with Gasteiger partial charge in [-0.2, -0.15) is 0 Å². The Morgan fingerprint density at radius 3 is 2.85 bits per heavy atom. The molecular formula is C21H31N3O2. The van der Waals surface area contributed by atoms with Gasteiger partial charge in [-0.15, -0.1) is 0 Å². The Balaban J connectivity index is 1.26. The lowest BCUT2D eigenvalue weighted by atomic mass is 9.86. The van der Waals surface area contributed by atoms with Crippen LogP contribution < -0.4 is 15.0 Å². The number of amides is 1. The molecule has 3 aliphatic heterocycles. The molecular weight excluding hydrogens is 326 g/mol. The van der Waals surface area contributed by atoms with E-state index in [4.69, 9.17) is 4.74 Å². The summed E-state index contributed by atoms with van der Waals surface area (Å²) in [5, 5.41) is 3.41. The van der Waals surface area contributed by atoms with E-state index in [1.165, 1.54) is 19.4 Å². The molecule has 2 atom stereocenters. The van der Waals surface area contributed by atoms with Crippen molar-refractivity contribution < 1.29 is 9.53 Å². The maximum absolute atomic E-state index is 12.4. The third kappa shape index (κ3) is 3.74. The average molecular weight is 357 g/mol. The second-order valence-corrected chi connectivity index (χ2v) is 8.31. The van der Waals surface area contributed by atoms with Crippen LogP contribution in [0.25, 0.3) is 0 Å². The van der Waals surface area contributed by atoms with Gasteiger partial charge in [0.2, 0.25) is 5.91 Å². The van der Waals surface area contributed by atoms with E-state index in [2.05, 4.69) is 17.1 Å². The molecule has 3 saturated heterocycles. The summed E-state index contributed by atoms with van der Waals surface area (Å²) in [6, 6.07) is 8.78. The molecule has 0 saturated carbocycles. The van der Waals surface area contributed by atoms with Gasteiger partial charge in [0.25, 0.3) is 0 Å². The second kappa shape index (κ2) is 7.57. The molecule has 0 aliphatic carbocycles. The van der Waals surface area contributed by atoms with E-state index in [0.717, 1.165) is 63.1 Å². The Morgan fingerprint density at radius 1 is 1.31 bits per heavy atom. The molecule has 0 bridgehead atoms. The summed E-state index contributed by atoms with van der Waals surface area (Å²) in [5.74, 6) is 1.15. The van der Waals surface area contributed by atoms with Crippen molar-refractivity contribution in [3.05, 3.63) is 24.3 Å². The number of carbonyl (C=O) groups is 1. The maximum Gasteiger partial charge on any atom is 0.227 e. The van der Waals surface area contributed by atoms with Crippen molar-refractivity contribution in [2.24, 2.45) is 5.41 Å². The molecule has 0 aromatic heterocycles. The summed E-state index contributed by atoms with van der Waals surface area (Å²) in [5.41, 5.74) is 1.15. The third-order valence-electron chi connectivity index (χ3n) is 6.35. The van der Waals surface area contributed by atoms with Gasteiger partial charge in [0.15, 0.2) is 0 Å². The molecule has 26 heavy (non-hydrogen) atoms. The molecule has 3 heterocycles. The quantitative estimate of drug-likeness (QED) is 0.795. The van der Waals surface area contributed by atoms with Crippen LogP contribution >= 0.6 is 0 Å². The topological polar surface area (TPSA) is 44.8 Å². The first-order chi connectivity index (χ1) is 12.7. The van der Waals surface area contributed by atoms with Gasteiger partial charge < -0.3 is 19.9 Å². The van der Waals surface area contributed by atoms with Gasteiger partial charge in [0.1, 0.15) is 5.75 Å². The van der Waals surface area contributed by atoms with Crippen LogP contribution in [0.5, 0.6) is 5.75 Å². The summed E-state index contributed by atoms with van der Waals surface area (Å²) in [7, 11) is 0. The van der Waals surface area contributed by atoms with Crippen LogP contribution in [-0.2, 0) is 4.79 Å². The van der Waals surface area contributed by atoms with Gasteiger partial charge in [-0.25, -0.2) is 0 Å². The molecule has 1 aromatic carbocycles. The zero-order valence-corrected chi connectivity index (χ0v) is 15.9. The minimum atomic E-state index is 0.152. The number of nitrogens with zero attached hydrogens (tertiary/aromatic N) is 2. The van der Waals surface area contributed by atoms with Crippen molar-refractivity contribution in [2.75, 3.05) is 44.2 Å². The van der Waals surface area contributed by atoms with Crippen molar-refractivity contribution in [3.63, 3.8) is 0 Å². The average Bonchev–Trinajstić information content (AvgIpc) is 3.34. The highest BCUT2D eigenvalue weighted by atomic mass is 16.5. The molecule has 1 N–H and O–H groups in total. The maximum atomic E-state index is 12.4. The van der Waals surface area contributed by atoms with Crippen LogP contribution in [0.4, 0.5) is 5.69 Å². The zero-order chi connectivity index (χ0) is 18.0. The molecule has 0 unspecified atom stereocenters. The van der Waals surface area contributed by atoms with Crippen LogP contribution in [0.15, 0.2) is 24.3 Å². The number of nitrogens with one attached hydrogen (secondary N) is 1. The third-order valence-corrected chi connectivity index (χ3v) is 6.35. The molecule has 142 valence electrons. The number of anilines is 1. The van der Waals surface area contributed by atoms with Crippen LogP contribution in [0.2, 0.25) is 0 Å². The van der Waals surface area contributed by atoms with Crippen LogP contribution in [0, 0.1) is 5.41 Å². The van der Waals surface area contributed by atoms with Crippen molar-refractivity contribution in [1.82, 2.24) is 10.2 Å². The van der Waals surface area contributed by atoms with E-state index in [0.29, 0.717) is 6.42 Å². The first kappa shape index (κ1) is 17.8. The molecule has 3 fully saturated rings. The monoisotopic (exact) mass is 357 g/mol. The van der Waals surface area contributed by atoms with Gasteiger partial charge in [0, 0.05) is 43.2 Å². The molecule has 4 rings (SSSR count). The summed E-state index contributed by atoms with van der Waals surface area (Å²) in [6.45, 7) is 8.26. The minimum absolute atomic E-state index is 0.152. The number of likely N-dealkylation sites (tertiary alicyclic amines) is 1. The predicted octanol–water partition coefficient (Wildman–Crippen LogP) is 2.66. The Bertz CT molecular complexity index is 625. The Kier molecular flexibility index (Phi) is 5.18. The molecule has 5 heteroatoms. The smallest absolute Gasteiger partial charge is 0.227 e. The lowest BCUT2D eigenvalue weighted by molar-refractivity contribution is -0.117. The lowest BCUT2D eigenvalue weighted by Gasteiger charge is -2.22. The number of ether oxygens (including phenoxy) is 1. The largest absolute Gasteiger partial charge is 0.494 e. The Labute approximate surface area is 156 Å². The van der Waals surface area contributed by atoms with E-state index < -0.39 is 0 Å². The normalized spacial score (nSPS) is 29.2. The van der Waals surface area contributed by atoms with E-state index in [1.54, 1.807) is 0 Å². The zero-order valence-electron chi connectivity index (χ0n) is 15.9. The molecule has 5 nitrogen and oxygen atoms in total. The first-order valence-electron chi connectivity index (χ1n) is 10.1. The number of carbonyl (C=O) groups excluding carboxylic acids is 1. The standard InChI is InChI=1S/C21H31N3O2/c1-17-4-2-11-23(17)12-3-13-26-19-7-5-18(6-8-19)24-16-21(14-20(24)25)9-10-22-15-21/h5-8,17,22H,2-4,9-16H2,1H3/t17-,21+/m0/s1. The highest BCUT2D eigenvalue weighted by molar-refractivity contribution is 5.96. The van der Waals surface area contributed by atoms with Gasteiger partial charge in [0.05, 0.1) is 6.61 Å². The predicted molar refractivity (Wildman–Crippen MR) is 104 cm³/mol. The summed E-state index contributed by atoms with van der Waals surface area (Å²) >= 11 is 0. The lowest BCUT2D eigenvalue weighted by Crippen LogP contribution is -2.29. The van der Waals surface area contributed by atoms with Crippen molar-refractivity contribution in [1.29, 1.82) is 0 Å². The first-order valence-corrected chi connectivity index (χ1v) is 10.1. The summed E-state index contributed by atoms with van der Waals surface area (Å²) in [6.07, 6.45) is 5.50. The summed E-state index contributed by atoms with van der Waals surface area (Å²) < 4.78 is 5.90. The minimum Gasteiger partial charge on any atom is -0.494 e. The van der Waals surface area contributed by atoms with Crippen molar-refractivity contribution >= 4 is 11.6 Å². The van der Waals surface area contributed by atoms with Crippen LogP contribution in [0.1, 0.15) is 39.0 Å². The van der Waals surface area contributed by atoms with E-state index in [-0.39, 0.29) is 11.3 Å². The summed E-state index contributed by atoms with van der Waals surface area (Å²) in [4.78, 5) is 17.0. The number of benzene rings is 1. The van der Waals surface area contributed by atoms with Gasteiger partial charge in [-0.05, 0) is 70.0 Å². The number of hydrogen-bond acceptors (Lipinski definition) is 4. The van der Waals surface area contributed by atoms with Crippen molar-refractivity contribution in [2.45, 2.75) is 45.1 Å². The van der Waals surface area contributed by atoms with Crippen LogP contribution in [-0.4, -0.2) is 56.2 Å². The van der Waals surface area contributed by atoms with Gasteiger partial charge >= 0.3 is 0 Å². The highest BCUT2D eigenvalue weighted by Crippen LogP contribution is 2.39. The van der Waals surface area contributed by atoms with E-state index in [1.807, 2.05) is 29.2 Å². The van der Waals surface area contributed by atoms with Crippen molar-refractivity contribution in [3.8, 4) is 5.75 Å². The van der Waals surface area contributed by atoms with E-state index >= 15 is 0 Å². The Hall–Kier alpha value is -1.59. The molecule has 0 radical (unpaired) electrons. The second-order valence-electron chi connectivity index (χ2n) is 8.31. The fraction of sp³-hybridized carbons (Fsp3) is 0.667. The number of hydrogen-bond donors (Lipinski definition) is 1. The SMILES string of the molecule is C[C@H]1CCCN1CCCOc1ccc(N2C[C@]3(CCNC3)CC2=O)cc1. The Morgan fingerprint density at radius 2 is 2.15 bits per heavy atom. The highest BCUT2D eigenvalue weighted by Gasteiger charge is 2.45. The molecule has 1 spiro atoms. The van der Waals surface area contributed by atoms with Crippen LogP contribution in [0.3, 0.4) is 0 Å². The fourth-order valence-corrected chi connectivity index (χ4v) is 4.72. The number of rotatable bonds is 6. The van der Waals surface area contributed by atoms with Gasteiger partial charge in [-0.1, -0.05) is 0 Å². The van der Waals surface area contributed by atoms with E-state index in [9.17, 15) is 4.79 Å². The van der Waals surface area contributed by atoms with Gasteiger partial charge in [-0.3, -0.25) is 4.79 Å². The molecule has 3 aliphatic rings. The molecule has 1 amide bonds. The molecule has 1 aromatic rings. The fourth-order valence-electron chi connectivity index (χ4n) is 4.72.